The molecule has 0 fully saturated rings. The van der Waals surface area contributed by atoms with Gasteiger partial charge in [-0.2, -0.15) is 11.3 Å². The Kier molecular flexibility index (Phi) is 3.92. The smallest absolute Gasteiger partial charge is 0.339 e. The Morgan fingerprint density at radius 1 is 1.69 bits per heavy atom. The van der Waals surface area contributed by atoms with Gasteiger partial charge in [0.2, 0.25) is 0 Å². The summed E-state index contributed by atoms with van der Waals surface area (Å²) in [6, 6.07) is 1.86. The Hall–Kier alpha value is -0.870. The maximum atomic E-state index is 11.3. The third-order valence-corrected chi connectivity index (χ3v) is 2.28. The quantitative estimate of drug-likeness (QED) is 0.697. The van der Waals surface area contributed by atoms with E-state index >= 15 is 0 Å². The fourth-order valence-electron chi connectivity index (χ4n) is 1.01. The molecule has 0 aliphatic carbocycles. The summed E-state index contributed by atoms with van der Waals surface area (Å²) in [5.74, 6) is -0.330. The van der Waals surface area contributed by atoms with Crippen LogP contribution < -0.4 is 0 Å². The summed E-state index contributed by atoms with van der Waals surface area (Å²) in [5, 5.41) is 3.78. The van der Waals surface area contributed by atoms with Crippen LogP contribution in [0.1, 0.15) is 18.6 Å². The Labute approximate surface area is 81.3 Å². The summed E-state index contributed by atoms with van der Waals surface area (Å²) in [6.45, 7) is 2.15. The molecule has 1 heterocycles. The first-order chi connectivity index (χ1) is 6.29. The molecule has 0 aliphatic heterocycles. The highest BCUT2D eigenvalue weighted by Crippen LogP contribution is 2.20. The molecular formula is C9H12O3S. The molecule has 0 saturated carbocycles. The molecule has 0 spiro atoms. The monoisotopic (exact) mass is 200 g/mol. The van der Waals surface area contributed by atoms with Gasteiger partial charge in [-0.1, -0.05) is 0 Å². The number of hydrogen-bond donors (Lipinski definition) is 0. The maximum absolute atomic E-state index is 11.3. The molecule has 0 bridgehead atoms. The number of rotatable bonds is 4. The average Bonchev–Trinajstić information content (AvgIpc) is 2.59. The van der Waals surface area contributed by atoms with Crippen LogP contribution >= 0.6 is 11.3 Å². The van der Waals surface area contributed by atoms with Gasteiger partial charge in [0.25, 0.3) is 0 Å². The van der Waals surface area contributed by atoms with Crippen molar-refractivity contribution in [3.63, 3.8) is 0 Å². The topological polar surface area (TPSA) is 35.5 Å². The summed E-state index contributed by atoms with van der Waals surface area (Å²) in [7, 11) is 1.50. The molecule has 1 aromatic heterocycles. The van der Waals surface area contributed by atoms with E-state index in [1.165, 1.54) is 18.4 Å². The van der Waals surface area contributed by atoms with E-state index in [0.717, 1.165) is 5.56 Å². The van der Waals surface area contributed by atoms with Crippen molar-refractivity contribution in [3.05, 3.63) is 22.4 Å². The lowest BCUT2D eigenvalue weighted by Gasteiger charge is -2.11. The fraction of sp³-hybridized carbons (Fsp3) is 0.444. The third-order valence-electron chi connectivity index (χ3n) is 1.58. The van der Waals surface area contributed by atoms with Gasteiger partial charge in [0.05, 0.1) is 6.61 Å². The summed E-state index contributed by atoms with van der Waals surface area (Å²) >= 11 is 1.53. The van der Waals surface area contributed by atoms with Crippen LogP contribution in [0.2, 0.25) is 0 Å². The molecular weight excluding hydrogens is 188 g/mol. The van der Waals surface area contributed by atoms with Crippen molar-refractivity contribution < 1.29 is 14.3 Å². The zero-order chi connectivity index (χ0) is 9.68. The normalized spacial score (nSPS) is 12.5. The molecule has 0 aromatic carbocycles. The molecule has 1 aromatic rings. The Balaban J connectivity index is 2.68. The number of methoxy groups -OCH3 is 1. The number of carbonyl (C=O) groups is 1. The predicted molar refractivity (Wildman–Crippen MR) is 50.7 cm³/mol. The molecule has 0 saturated heterocycles. The van der Waals surface area contributed by atoms with Gasteiger partial charge >= 0.3 is 5.97 Å². The van der Waals surface area contributed by atoms with Crippen molar-refractivity contribution in [1.29, 1.82) is 0 Å². The zero-order valence-electron chi connectivity index (χ0n) is 7.65. The number of hydrogen-bond acceptors (Lipinski definition) is 4. The maximum Gasteiger partial charge on any atom is 0.339 e. The molecule has 0 N–H and O–H groups in total. The van der Waals surface area contributed by atoms with Gasteiger partial charge in [0, 0.05) is 12.7 Å². The molecule has 4 heteroatoms. The first-order valence-corrected chi connectivity index (χ1v) is 4.95. The minimum atomic E-state index is -0.578. The lowest BCUT2D eigenvalue weighted by molar-refractivity contribution is -0.155. The van der Waals surface area contributed by atoms with Gasteiger partial charge in [-0.25, -0.2) is 4.79 Å². The summed E-state index contributed by atoms with van der Waals surface area (Å²) < 4.78 is 9.90. The van der Waals surface area contributed by atoms with E-state index in [-0.39, 0.29) is 5.97 Å². The van der Waals surface area contributed by atoms with E-state index < -0.39 is 6.10 Å². The van der Waals surface area contributed by atoms with Gasteiger partial charge in [-0.15, -0.1) is 0 Å². The summed E-state index contributed by atoms with van der Waals surface area (Å²) in [5.41, 5.74) is 0.853. The van der Waals surface area contributed by atoms with Gasteiger partial charge in [0.15, 0.2) is 6.10 Å². The second-order valence-corrected chi connectivity index (χ2v) is 3.20. The minimum absolute atomic E-state index is 0.330. The molecule has 1 unspecified atom stereocenters. The van der Waals surface area contributed by atoms with E-state index in [4.69, 9.17) is 9.47 Å². The Morgan fingerprint density at radius 3 is 2.92 bits per heavy atom. The van der Waals surface area contributed by atoms with Crippen molar-refractivity contribution >= 4 is 17.3 Å². The zero-order valence-corrected chi connectivity index (χ0v) is 8.47. The molecule has 1 rings (SSSR count). The molecule has 3 nitrogen and oxygen atoms in total. The van der Waals surface area contributed by atoms with Gasteiger partial charge < -0.3 is 9.47 Å². The van der Waals surface area contributed by atoms with Crippen LogP contribution in [0.15, 0.2) is 16.8 Å². The molecule has 13 heavy (non-hydrogen) atoms. The standard InChI is InChI=1S/C9H12O3S/c1-3-12-9(10)8(11-2)7-4-5-13-6-7/h4-6,8H,3H2,1-2H3. The van der Waals surface area contributed by atoms with Crippen LogP contribution in [0, 0.1) is 0 Å². The fourth-order valence-corrected chi connectivity index (χ4v) is 1.68. The summed E-state index contributed by atoms with van der Waals surface area (Å²) in [4.78, 5) is 11.3. The lowest BCUT2D eigenvalue weighted by Crippen LogP contribution is -2.16. The van der Waals surface area contributed by atoms with Crippen LogP contribution in [0.5, 0.6) is 0 Å². The highest BCUT2D eigenvalue weighted by Gasteiger charge is 2.21. The summed E-state index contributed by atoms with van der Waals surface area (Å²) in [6.07, 6.45) is -0.578. The largest absolute Gasteiger partial charge is 0.464 e. The average molecular weight is 200 g/mol. The molecule has 0 radical (unpaired) electrons. The Bertz CT molecular complexity index is 256. The van der Waals surface area contributed by atoms with Crippen molar-refractivity contribution in [1.82, 2.24) is 0 Å². The molecule has 1 atom stereocenters. The van der Waals surface area contributed by atoms with Crippen LogP contribution in [-0.4, -0.2) is 19.7 Å². The highest BCUT2D eigenvalue weighted by molar-refractivity contribution is 7.08. The first-order valence-electron chi connectivity index (χ1n) is 4.01. The molecule has 72 valence electrons. The number of ether oxygens (including phenoxy) is 2. The van der Waals surface area contributed by atoms with E-state index in [1.54, 1.807) is 6.92 Å². The van der Waals surface area contributed by atoms with Crippen LogP contribution in [0.25, 0.3) is 0 Å². The van der Waals surface area contributed by atoms with Gasteiger partial charge in [0.1, 0.15) is 0 Å². The third kappa shape index (κ3) is 2.54. The molecule has 0 amide bonds. The van der Waals surface area contributed by atoms with E-state index in [9.17, 15) is 4.79 Å². The van der Waals surface area contributed by atoms with Crippen molar-refractivity contribution in [2.24, 2.45) is 0 Å². The Morgan fingerprint density at radius 2 is 2.46 bits per heavy atom. The van der Waals surface area contributed by atoms with Crippen molar-refractivity contribution in [2.45, 2.75) is 13.0 Å². The van der Waals surface area contributed by atoms with E-state index in [0.29, 0.717) is 6.61 Å². The SMILES string of the molecule is CCOC(=O)C(OC)c1ccsc1. The van der Waals surface area contributed by atoms with E-state index in [1.807, 2.05) is 16.8 Å². The second kappa shape index (κ2) is 4.99. The molecule has 0 aliphatic rings. The number of carbonyl (C=O) groups excluding carboxylic acids is 1. The van der Waals surface area contributed by atoms with Crippen molar-refractivity contribution in [3.8, 4) is 0 Å². The first kappa shape index (κ1) is 10.2. The van der Waals surface area contributed by atoms with Crippen LogP contribution in [0.4, 0.5) is 0 Å². The van der Waals surface area contributed by atoms with Gasteiger partial charge in [-0.05, 0) is 23.8 Å². The minimum Gasteiger partial charge on any atom is -0.464 e. The van der Waals surface area contributed by atoms with Crippen molar-refractivity contribution in [2.75, 3.05) is 13.7 Å². The number of esters is 1. The van der Waals surface area contributed by atoms with Crippen LogP contribution in [-0.2, 0) is 14.3 Å². The van der Waals surface area contributed by atoms with Crippen LogP contribution in [0.3, 0.4) is 0 Å². The second-order valence-electron chi connectivity index (χ2n) is 2.42. The number of thiophene rings is 1. The highest BCUT2D eigenvalue weighted by atomic mass is 32.1. The lowest BCUT2D eigenvalue weighted by atomic mass is 10.2. The van der Waals surface area contributed by atoms with Gasteiger partial charge in [-0.3, -0.25) is 0 Å². The predicted octanol–water partition coefficient (Wildman–Crippen LogP) is 2.00. The van der Waals surface area contributed by atoms with E-state index in [2.05, 4.69) is 0 Å².